The fraction of sp³-hybridized carbons (Fsp3) is 0.167. The van der Waals surface area contributed by atoms with Crippen LogP contribution < -0.4 is 5.73 Å². The van der Waals surface area contributed by atoms with E-state index in [-0.39, 0.29) is 32.7 Å². The third-order valence-corrected chi connectivity index (χ3v) is 4.63. The number of rotatable bonds is 6. The van der Waals surface area contributed by atoms with Gasteiger partial charge < -0.3 is 10.8 Å². The first-order valence-corrected chi connectivity index (χ1v) is 8.78. The van der Waals surface area contributed by atoms with Crippen LogP contribution in [0.1, 0.15) is 0 Å². The van der Waals surface area contributed by atoms with Crippen molar-refractivity contribution in [3.63, 3.8) is 0 Å². The molecule has 0 fully saturated rings. The Morgan fingerprint density at radius 1 is 1.15 bits per heavy atom. The molecule has 0 radical (unpaired) electrons. The molecule has 0 saturated carbocycles. The predicted octanol–water partition coefficient (Wildman–Crippen LogP) is 3.23. The van der Waals surface area contributed by atoms with E-state index >= 15 is 0 Å². The molecule has 12 nitrogen and oxygen atoms in total. The topological polar surface area (TPSA) is 189 Å². The Hall–Kier alpha value is -2.36. The summed E-state index contributed by atoms with van der Waals surface area (Å²) in [5.41, 5.74) is 5.29. The molecule has 2 rings (SSSR count). The third-order valence-electron chi connectivity index (χ3n) is 3.15. The van der Waals surface area contributed by atoms with Crippen molar-refractivity contribution in [3.05, 3.63) is 12.1 Å². The molecule has 5 N–H and O–H groups in total. The van der Waals surface area contributed by atoms with Crippen LogP contribution in [-0.2, 0) is 19.5 Å². The van der Waals surface area contributed by atoms with Gasteiger partial charge >= 0.3 is 0 Å². The van der Waals surface area contributed by atoms with Crippen molar-refractivity contribution in [3.8, 4) is 5.75 Å². The smallest absolute Gasteiger partial charge is 0.296 e. The monoisotopic (exact) mass is 403 g/mol. The number of fused-ring (bicyclic) bond motifs is 1. The second-order valence-electron chi connectivity index (χ2n) is 4.61. The van der Waals surface area contributed by atoms with Gasteiger partial charge in [0.15, 0.2) is 5.75 Å². The summed E-state index contributed by atoms with van der Waals surface area (Å²) in [5.74, 6) is -0.455. The molecule has 2 aromatic carbocycles. The van der Waals surface area contributed by atoms with Crippen LogP contribution in [0.2, 0.25) is 0 Å². The maximum Gasteiger partial charge on any atom is 0.296 e. The molecule has 0 amide bonds. The van der Waals surface area contributed by atoms with Gasteiger partial charge in [0, 0.05) is 14.1 Å². The Balaban J connectivity index is 2.98. The Bertz CT molecular complexity index is 1010. The lowest BCUT2D eigenvalue weighted by atomic mass is 10.1. The summed E-state index contributed by atoms with van der Waals surface area (Å²) in [5, 5.41) is 36.9. The van der Waals surface area contributed by atoms with Crippen molar-refractivity contribution in [2.45, 2.75) is 9.79 Å². The van der Waals surface area contributed by atoms with E-state index in [9.17, 15) is 18.1 Å². The van der Waals surface area contributed by atoms with Gasteiger partial charge in [-0.15, -0.1) is 4.33 Å². The van der Waals surface area contributed by atoms with E-state index in [0.717, 1.165) is 6.07 Å². The molecule has 0 bridgehead atoms. The highest BCUT2D eigenvalue weighted by Gasteiger charge is 2.25. The van der Waals surface area contributed by atoms with E-state index in [1.807, 2.05) is 0 Å². The molecule has 0 atom stereocenters. The van der Waals surface area contributed by atoms with Crippen LogP contribution in [0.5, 0.6) is 5.75 Å². The number of phenols is 1. The molecule has 0 aliphatic rings. The molecule has 140 valence electrons. The van der Waals surface area contributed by atoms with Crippen LogP contribution in [0, 0.1) is 0 Å². The molecule has 0 aromatic heterocycles. The van der Waals surface area contributed by atoms with Gasteiger partial charge in [-0.05, 0) is 17.5 Å². The highest BCUT2D eigenvalue weighted by Crippen LogP contribution is 2.49. The van der Waals surface area contributed by atoms with E-state index in [1.54, 1.807) is 0 Å². The van der Waals surface area contributed by atoms with Crippen molar-refractivity contribution >= 4 is 50.0 Å². The molecule has 2 aromatic rings. The van der Waals surface area contributed by atoms with Crippen LogP contribution >= 0.6 is 12.0 Å². The zero-order chi connectivity index (χ0) is 19.5. The van der Waals surface area contributed by atoms with Gasteiger partial charge in [0.2, 0.25) is 0 Å². The normalized spacial score (nSPS) is 12.6. The minimum Gasteiger partial charge on any atom is -0.505 e. The van der Waals surface area contributed by atoms with Crippen molar-refractivity contribution in [1.82, 2.24) is 0 Å². The largest absolute Gasteiger partial charge is 0.505 e. The number of azo groups is 2. The summed E-state index contributed by atoms with van der Waals surface area (Å²) in [6.45, 7) is 0. The second kappa shape index (κ2) is 7.90. The summed E-state index contributed by atoms with van der Waals surface area (Å²) in [7, 11) is -2.06. The van der Waals surface area contributed by atoms with Crippen LogP contribution in [0.25, 0.3) is 10.8 Å². The van der Waals surface area contributed by atoms with Crippen LogP contribution in [-0.4, -0.2) is 37.4 Å². The van der Waals surface area contributed by atoms with Gasteiger partial charge in [-0.3, -0.25) is 4.55 Å². The van der Waals surface area contributed by atoms with Gasteiger partial charge in [-0.25, -0.2) is 5.26 Å². The number of nitrogens with zero attached hydrogens (tertiary/aromatic N) is 4. The van der Waals surface area contributed by atoms with Gasteiger partial charge in [-0.2, -0.15) is 28.9 Å². The Morgan fingerprint density at radius 3 is 2.31 bits per heavy atom. The number of phenolic OH excluding ortho intramolecular Hbond substituents is 1. The lowest BCUT2D eigenvalue weighted by Crippen LogP contribution is -2.02. The Morgan fingerprint density at radius 2 is 1.77 bits per heavy atom. The molecule has 0 unspecified atom stereocenters. The summed E-state index contributed by atoms with van der Waals surface area (Å²) in [6.07, 6.45) is 0. The molecular weight excluding hydrogens is 390 g/mol. The highest BCUT2D eigenvalue weighted by molar-refractivity contribution is 7.94. The first-order valence-electron chi connectivity index (χ1n) is 6.60. The SMILES string of the molecule is CN=Nc1c(S(=O)(=O)O)cc2cc(SOOO)c(N=NC)c(O)c2c1N. The quantitative estimate of drug-likeness (QED) is 0.140. The highest BCUT2D eigenvalue weighted by atomic mass is 32.2. The van der Waals surface area contributed by atoms with E-state index < -0.39 is 20.8 Å². The van der Waals surface area contributed by atoms with Crippen LogP contribution in [0.3, 0.4) is 0 Å². The number of nitrogen functional groups attached to an aromatic ring is 1. The average Bonchev–Trinajstić information content (AvgIpc) is 2.57. The zero-order valence-electron chi connectivity index (χ0n) is 13.3. The van der Waals surface area contributed by atoms with Crippen LogP contribution in [0.4, 0.5) is 17.1 Å². The number of benzene rings is 2. The van der Waals surface area contributed by atoms with Crippen molar-refractivity contribution in [1.29, 1.82) is 0 Å². The standard InChI is InChI=1S/C12H13N5O7S2/c1-14-16-10-6(25-24-23-19)3-5-4-7(26(20,21)22)11(17-15-2)9(13)8(5)12(10)18/h3-4,18-19H,13H2,1-2H3,(H,20,21,22). The van der Waals surface area contributed by atoms with E-state index in [4.69, 9.17) is 11.0 Å². The predicted molar refractivity (Wildman–Crippen MR) is 91.4 cm³/mol. The number of hydrogen-bond donors (Lipinski definition) is 4. The molecule has 26 heavy (non-hydrogen) atoms. The lowest BCUT2D eigenvalue weighted by Gasteiger charge is -2.13. The third kappa shape index (κ3) is 3.74. The van der Waals surface area contributed by atoms with Gasteiger partial charge in [-0.1, -0.05) is 5.04 Å². The number of anilines is 1. The fourth-order valence-electron chi connectivity index (χ4n) is 2.22. The molecule has 0 aliphatic carbocycles. The Kier molecular flexibility index (Phi) is 6.06. The minimum atomic E-state index is -4.69. The fourth-order valence-corrected chi connectivity index (χ4v) is 3.39. The second-order valence-corrected chi connectivity index (χ2v) is 6.74. The molecular formula is C12H13N5O7S2. The first-order chi connectivity index (χ1) is 12.3. The summed E-state index contributed by atoms with van der Waals surface area (Å²) in [4.78, 5) is -0.493. The van der Waals surface area contributed by atoms with E-state index in [0.29, 0.717) is 12.0 Å². The van der Waals surface area contributed by atoms with Crippen LogP contribution in [0.15, 0.2) is 42.4 Å². The first kappa shape index (κ1) is 20.0. The van der Waals surface area contributed by atoms with Crippen molar-refractivity contribution < 1.29 is 32.7 Å². The molecule has 0 spiro atoms. The van der Waals surface area contributed by atoms with Gasteiger partial charge in [0.05, 0.1) is 28.0 Å². The lowest BCUT2D eigenvalue weighted by molar-refractivity contribution is -0.432. The summed E-state index contributed by atoms with van der Waals surface area (Å²) < 4.78 is 37.1. The zero-order valence-corrected chi connectivity index (χ0v) is 14.9. The molecule has 14 heteroatoms. The minimum absolute atomic E-state index is 0.0106. The number of nitrogens with two attached hydrogens (primary N) is 1. The number of hydrogen-bond acceptors (Lipinski definition) is 12. The van der Waals surface area contributed by atoms with E-state index in [1.165, 1.54) is 20.2 Å². The summed E-state index contributed by atoms with van der Waals surface area (Å²) in [6, 6.07) is 2.38. The van der Waals surface area contributed by atoms with Gasteiger partial charge in [0.1, 0.15) is 16.3 Å². The van der Waals surface area contributed by atoms with Crippen molar-refractivity contribution in [2.24, 2.45) is 20.5 Å². The average molecular weight is 403 g/mol. The van der Waals surface area contributed by atoms with Crippen molar-refractivity contribution in [2.75, 3.05) is 19.8 Å². The summed E-state index contributed by atoms with van der Waals surface area (Å²) >= 11 is 0.469. The maximum atomic E-state index is 11.7. The molecule has 0 saturated heterocycles. The maximum absolute atomic E-state index is 11.7. The molecule has 0 aliphatic heterocycles. The number of aromatic hydroxyl groups is 1. The van der Waals surface area contributed by atoms with E-state index in [2.05, 4.69) is 29.8 Å². The molecule has 0 heterocycles. The van der Waals surface area contributed by atoms with Gasteiger partial charge in [0.25, 0.3) is 10.1 Å². The Labute approximate surface area is 151 Å².